The predicted molar refractivity (Wildman–Crippen MR) is 78.3 cm³/mol. The SMILES string of the molecule is Ic1ccc2ncnc(NCc3ccco3)c2c1. The van der Waals surface area contributed by atoms with Crippen molar-refractivity contribution in [3.8, 4) is 0 Å². The highest BCUT2D eigenvalue weighted by molar-refractivity contribution is 14.1. The molecule has 1 N–H and O–H groups in total. The summed E-state index contributed by atoms with van der Waals surface area (Å²) in [5.41, 5.74) is 0.937. The molecule has 3 aromatic rings. The molecule has 4 nitrogen and oxygen atoms in total. The van der Waals surface area contributed by atoms with Gasteiger partial charge in [0.05, 0.1) is 18.3 Å². The second-order valence-corrected chi connectivity index (χ2v) is 5.06. The first kappa shape index (κ1) is 11.5. The second kappa shape index (κ2) is 4.93. The Morgan fingerprint density at radius 1 is 1.22 bits per heavy atom. The van der Waals surface area contributed by atoms with Crippen molar-refractivity contribution >= 4 is 39.3 Å². The molecule has 90 valence electrons. The Balaban J connectivity index is 1.93. The zero-order valence-corrected chi connectivity index (χ0v) is 11.6. The van der Waals surface area contributed by atoms with E-state index >= 15 is 0 Å². The van der Waals surface area contributed by atoms with Crippen LogP contribution in [-0.2, 0) is 6.54 Å². The molecule has 0 amide bonds. The van der Waals surface area contributed by atoms with Crippen LogP contribution in [0, 0.1) is 3.57 Å². The molecule has 18 heavy (non-hydrogen) atoms. The van der Waals surface area contributed by atoms with Gasteiger partial charge in [0.15, 0.2) is 0 Å². The molecule has 0 aliphatic rings. The molecule has 0 saturated carbocycles. The van der Waals surface area contributed by atoms with Crippen molar-refractivity contribution in [3.05, 3.63) is 52.3 Å². The lowest BCUT2D eigenvalue weighted by Gasteiger charge is -2.07. The fourth-order valence-corrected chi connectivity index (χ4v) is 2.24. The van der Waals surface area contributed by atoms with Gasteiger partial charge < -0.3 is 9.73 Å². The molecule has 0 atom stereocenters. The summed E-state index contributed by atoms with van der Waals surface area (Å²) in [4.78, 5) is 8.53. The molecular weight excluding hydrogens is 341 g/mol. The number of anilines is 1. The number of hydrogen-bond acceptors (Lipinski definition) is 4. The van der Waals surface area contributed by atoms with Crippen LogP contribution < -0.4 is 5.32 Å². The third-order valence-electron chi connectivity index (χ3n) is 2.61. The van der Waals surface area contributed by atoms with Crippen LogP contribution in [0.5, 0.6) is 0 Å². The first-order valence-electron chi connectivity index (χ1n) is 5.49. The monoisotopic (exact) mass is 351 g/mol. The van der Waals surface area contributed by atoms with Crippen LogP contribution >= 0.6 is 22.6 Å². The van der Waals surface area contributed by atoms with E-state index in [4.69, 9.17) is 4.42 Å². The first-order chi connectivity index (χ1) is 8.83. The van der Waals surface area contributed by atoms with Crippen LogP contribution in [0.4, 0.5) is 5.82 Å². The van der Waals surface area contributed by atoms with Crippen LogP contribution in [0.3, 0.4) is 0 Å². The Morgan fingerprint density at radius 2 is 2.17 bits per heavy atom. The van der Waals surface area contributed by atoms with Crippen LogP contribution in [0.15, 0.2) is 47.3 Å². The van der Waals surface area contributed by atoms with E-state index in [1.165, 1.54) is 0 Å². The summed E-state index contributed by atoms with van der Waals surface area (Å²) in [5, 5.41) is 4.29. The maximum absolute atomic E-state index is 5.28. The first-order valence-corrected chi connectivity index (χ1v) is 6.57. The number of benzene rings is 1. The van der Waals surface area contributed by atoms with E-state index < -0.39 is 0 Å². The minimum Gasteiger partial charge on any atom is -0.467 e. The quantitative estimate of drug-likeness (QED) is 0.735. The average molecular weight is 351 g/mol. The third kappa shape index (κ3) is 2.31. The average Bonchev–Trinajstić information content (AvgIpc) is 2.89. The molecule has 0 unspecified atom stereocenters. The number of aromatic nitrogens is 2. The van der Waals surface area contributed by atoms with Crippen LogP contribution in [0.1, 0.15) is 5.76 Å². The van der Waals surface area contributed by atoms with E-state index in [-0.39, 0.29) is 0 Å². The molecular formula is C13H10IN3O. The zero-order chi connectivity index (χ0) is 12.4. The number of nitrogens with zero attached hydrogens (tertiary/aromatic N) is 2. The van der Waals surface area contributed by atoms with Gasteiger partial charge in [0.25, 0.3) is 0 Å². The van der Waals surface area contributed by atoms with E-state index in [1.54, 1.807) is 12.6 Å². The summed E-state index contributed by atoms with van der Waals surface area (Å²) in [6, 6.07) is 9.90. The molecule has 0 spiro atoms. The van der Waals surface area contributed by atoms with Crippen LogP contribution in [-0.4, -0.2) is 9.97 Å². The minimum absolute atomic E-state index is 0.616. The highest BCUT2D eigenvalue weighted by atomic mass is 127. The van der Waals surface area contributed by atoms with Gasteiger partial charge in [-0.3, -0.25) is 0 Å². The number of nitrogens with one attached hydrogen (secondary N) is 1. The van der Waals surface area contributed by atoms with Crippen molar-refractivity contribution in [3.63, 3.8) is 0 Å². The smallest absolute Gasteiger partial charge is 0.137 e. The second-order valence-electron chi connectivity index (χ2n) is 3.82. The number of halogens is 1. The number of rotatable bonds is 3. The van der Waals surface area contributed by atoms with Gasteiger partial charge >= 0.3 is 0 Å². The highest BCUT2D eigenvalue weighted by Gasteiger charge is 2.04. The van der Waals surface area contributed by atoms with Gasteiger partial charge in [0.2, 0.25) is 0 Å². The fourth-order valence-electron chi connectivity index (χ4n) is 1.75. The Kier molecular flexibility index (Phi) is 3.14. The normalized spacial score (nSPS) is 10.7. The molecule has 1 aromatic carbocycles. The van der Waals surface area contributed by atoms with E-state index in [0.717, 1.165) is 26.1 Å². The Labute approximate surface area is 118 Å². The number of furan rings is 1. The van der Waals surface area contributed by atoms with Crippen LogP contribution in [0.2, 0.25) is 0 Å². The summed E-state index contributed by atoms with van der Waals surface area (Å²) in [6.07, 6.45) is 3.23. The van der Waals surface area contributed by atoms with Crippen molar-refractivity contribution in [1.29, 1.82) is 0 Å². The zero-order valence-electron chi connectivity index (χ0n) is 9.43. The predicted octanol–water partition coefficient (Wildman–Crippen LogP) is 3.44. The maximum atomic E-state index is 5.28. The van der Waals surface area contributed by atoms with E-state index in [1.807, 2.05) is 24.3 Å². The summed E-state index contributed by atoms with van der Waals surface area (Å²) >= 11 is 2.28. The third-order valence-corrected chi connectivity index (χ3v) is 3.28. The summed E-state index contributed by atoms with van der Waals surface area (Å²) in [6.45, 7) is 0.616. The van der Waals surface area contributed by atoms with Crippen molar-refractivity contribution in [2.24, 2.45) is 0 Å². The van der Waals surface area contributed by atoms with Crippen molar-refractivity contribution in [2.75, 3.05) is 5.32 Å². The topological polar surface area (TPSA) is 51.0 Å². The highest BCUT2D eigenvalue weighted by Crippen LogP contribution is 2.21. The molecule has 0 fully saturated rings. The lowest BCUT2D eigenvalue weighted by atomic mass is 10.2. The maximum Gasteiger partial charge on any atom is 0.137 e. The fraction of sp³-hybridized carbons (Fsp3) is 0.0769. The molecule has 3 rings (SSSR count). The lowest BCUT2D eigenvalue weighted by molar-refractivity contribution is 0.518. The number of fused-ring (bicyclic) bond motifs is 1. The van der Waals surface area contributed by atoms with Gasteiger partial charge in [-0.25, -0.2) is 9.97 Å². The summed E-state index contributed by atoms with van der Waals surface area (Å²) in [7, 11) is 0. The standard InChI is InChI=1S/C13H10IN3O/c14-9-3-4-12-11(6-9)13(17-8-16-12)15-7-10-2-1-5-18-10/h1-6,8H,7H2,(H,15,16,17). The lowest BCUT2D eigenvalue weighted by Crippen LogP contribution is -2.01. The molecule has 0 bridgehead atoms. The molecule has 0 aliphatic carbocycles. The van der Waals surface area contributed by atoms with Gasteiger partial charge in [0, 0.05) is 8.96 Å². The van der Waals surface area contributed by atoms with Gasteiger partial charge in [-0.1, -0.05) is 0 Å². The minimum atomic E-state index is 0.616. The van der Waals surface area contributed by atoms with E-state index in [9.17, 15) is 0 Å². The Morgan fingerprint density at radius 3 is 3.00 bits per heavy atom. The van der Waals surface area contributed by atoms with E-state index in [2.05, 4.69) is 43.9 Å². The summed E-state index contributed by atoms with van der Waals surface area (Å²) in [5.74, 6) is 1.71. The number of hydrogen-bond donors (Lipinski definition) is 1. The molecule has 5 heteroatoms. The molecule has 0 saturated heterocycles. The summed E-state index contributed by atoms with van der Waals surface area (Å²) < 4.78 is 6.45. The molecule has 2 aromatic heterocycles. The van der Waals surface area contributed by atoms with Gasteiger partial charge in [-0.15, -0.1) is 0 Å². The van der Waals surface area contributed by atoms with E-state index in [0.29, 0.717) is 6.54 Å². The molecule has 0 aliphatic heterocycles. The van der Waals surface area contributed by atoms with Crippen molar-refractivity contribution in [1.82, 2.24) is 9.97 Å². The molecule has 2 heterocycles. The molecule has 0 radical (unpaired) electrons. The Hall–Kier alpha value is -1.63. The van der Waals surface area contributed by atoms with Crippen molar-refractivity contribution < 1.29 is 4.42 Å². The van der Waals surface area contributed by atoms with Gasteiger partial charge in [0.1, 0.15) is 17.9 Å². The van der Waals surface area contributed by atoms with Gasteiger partial charge in [-0.2, -0.15) is 0 Å². The Bertz CT molecular complexity index is 667. The van der Waals surface area contributed by atoms with Crippen molar-refractivity contribution in [2.45, 2.75) is 6.54 Å². The van der Waals surface area contributed by atoms with Crippen LogP contribution in [0.25, 0.3) is 10.9 Å². The largest absolute Gasteiger partial charge is 0.467 e. The van der Waals surface area contributed by atoms with Gasteiger partial charge in [-0.05, 0) is 52.9 Å².